The lowest BCUT2D eigenvalue weighted by atomic mass is 10.0. The standard InChI is InChI=1S/C48H78N6O18/c1-39(2)47(48(60)50-35-43(56)51-41-7-5-40(6-8-41)37-72-38-49-3)52-42(55)11-12-53(46(59)36-54-44(57)9-10-45(54)58)13-14-62-17-18-64-21-22-66-25-26-68-29-30-70-33-34-71-32-31-69-28-27-67-24-23-65-20-19-63-16-15-61-4/h5-10,38-39,47H,11-37H2,1-4H3,(H,50,60)(H,51,56)(H,52,55). The summed E-state index contributed by atoms with van der Waals surface area (Å²) in [5.41, 5.74) is 1.39. The number of imide groups is 1. The summed E-state index contributed by atoms with van der Waals surface area (Å²) >= 11 is 0. The van der Waals surface area contributed by atoms with Crippen LogP contribution in [0.2, 0.25) is 0 Å². The highest BCUT2D eigenvalue weighted by molar-refractivity contribution is 6.14. The van der Waals surface area contributed by atoms with Crippen molar-refractivity contribution < 1.29 is 85.6 Å². The second-order valence-electron chi connectivity index (χ2n) is 15.8. The molecule has 0 radical (unpaired) electrons. The van der Waals surface area contributed by atoms with Crippen LogP contribution in [0, 0.1) is 5.92 Å². The number of amides is 6. The molecule has 1 heterocycles. The molecule has 0 saturated carbocycles. The third-order valence-corrected chi connectivity index (χ3v) is 9.80. The topological polar surface area (TPSA) is 268 Å². The van der Waals surface area contributed by atoms with E-state index in [2.05, 4.69) is 20.9 Å². The van der Waals surface area contributed by atoms with E-state index in [0.717, 1.165) is 22.6 Å². The summed E-state index contributed by atoms with van der Waals surface area (Å²) in [5, 5.41) is 7.95. The first-order chi connectivity index (χ1) is 35.0. The summed E-state index contributed by atoms with van der Waals surface area (Å²) in [6.07, 6.45) is 3.29. The molecule has 0 bridgehead atoms. The lowest BCUT2D eigenvalue weighted by Gasteiger charge is -2.26. The Morgan fingerprint density at radius 2 is 1.04 bits per heavy atom. The summed E-state index contributed by atoms with van der Waals surface area (Å²) in [6.45, 7) is 11.7. The Kier molecular flexibility index (Phi) is 37.3. The fraction of sp³-hybridized carbons (Fsp3) is 0.688. The van der Waals surface area contributed by atoms with Crippen LogP contribution in [0.25, 0.3) is 0 Å². The molecule has 1 aliphatic rings. The van der Waals surface area contributed by atoms with Crippen molar-refractivity contribution in [1.82, 2.24) is 20.4 Å². The van der Waals surface area contributed by atoms with Gasteiger partial charge in [0.05, 0.1) is 145 Å². The van der Waals surface area contributed by atoms with Crippen LogP contribution in [0.15, 0.2) is 41.4 Å². The predicted octanol–water partition coefficient (Wildman–Crippen LogP) is 0.0129. The molecule has 1 aliphatic heterocycles. The van der Waals surface area contributed by atoms with Crippen molar-refractivity contribution in [2.45, 2.75) is 32.9 Å². The monoisotopic (exact) mass is 1030 g/mol. The number of benzene rings is 1. The summed E-state index contributed by atoms with van der Waals surface area (Å²) in [5.74, 6) is -3.72. The van der Waals surface area contributed by atoms with E-state index in [4.69, 9.17) is 56.8 Å². The number of ether oxygens (including phenoxy) is 12. The second-order valence-corrected chi connectivity index (χ2v) is 15.8. The lowest BCUT2D eigenvalue weighted by molar-refractivity contribution is -0.145. The number of hydrogen-bond donors (Lipinski definition) is 3. The van der Waals surface area contributed by atoms with Crippen LogP contribution in [0.1, 0.15) is 25.8 Å². The Labute approximate surface area is 422 Å². The van der Waals surface area contributed by atoms with Crippen molar-refractivity contribution in [3.63, 3.8) is 0 Å². The molecule has 0 aliphatic carbocycles. The number of methoxy groups -OCH3 is 1. The highest BCUT2D eigenvalue weighted by Gasteiger charge is 2.29. The van der Waals surface area contributed by atoms with Gasteiger partial charge in [0.1, 0.15) is 19.2 Å². The molecule has 6 amide bonds. The third kappa shape index (κ3) is 32.2. The van der Waals surface area contributed by atoms with Gasteiger partial charge < -0.3 is 77.7 Å². The molecular weight excluding hydrogens is 949 g/mol. The fourth-order valence-corrected chi connectivity index (χ4v) is 5.97. The number of carbonyl (C=O) groups is 6. The minimum atomic E-state index is -0.979. The van der Waals surface area contributed by atoms with E-state index in [1.54, 1.807) is 52.3 Å². The minimum absolute atomic E-state index is 0.0454. The highest BCUT2D eigenvalue weighted by Crippen LogP contribution is 2.11. The first kappa shape index (κ1) is 63.1. The average molecular weight is 1030 g/mol. The van der Waals surface area contributed by atoms with Crippen molar-refractivity contribution in [3.8, 4) is 0 Å². The average Bonchev–Trinajstić information content (AvgIpc) is 3.68. The van der Waals surface area contributed by atoms with Crippen LogP contribution in [0.4, 0.5) is 5.69 Å². The van der Waals surface area contributed by atoms with Crippen LogP contribution in [-0.4, -0.2) is 237 Å². The molecule has 408 valence electrons. The molecule has 1 aromatic carbocycles. The van der Waals surface area contributed by atoms with Gasteiger partial charge in [-0.25, -0.2) is 0 Å². The minimum Gasteiger partial charge on any atom is -0.479 e. The Morgan fingerprint density at radius 3 is 1.46 bits per heavy atom. The van der Waals surface area contributed by atoms with E-state index in [1.807, 2.05) is 0 Å². The van der Waals surface area contributed by atoms with Crippen molar-refractivity contribution in [2.24, 2.45) is 10.9 Å². The van der Waals surface area contributed by atoms with E-state index in [0.29, 0.717) is 131 Å². The zero-order chi connectivity index (χ0) is 52.3. The SMILES string of the molecule is CN=COCc1ccc(NC(=O)CNC(=O)C(NC(=O)CCN(CCOCCOCCOCCOCCOCCOCCOCCOCCOCCOCCOC)C(=O)CN2C(=O)C=CC2=O)C(C)C)cc1. The first-order valence-corrected chi connectivity index (χ1v) is 24.1. The first-order valence-electron chi connectivity index (χ1n) is 24.1. The van der Waals surface area contributed by atoms with Gasteiger partial charge in [-0.2, -0.15) is 0 Å². The Morgan fingerprint density at radius 1 is 0.611 bits per heavy atom. The van der Waals surface area contributed by atoms with Crippen LogP contribution in [-0.2, 0) is 92.2 Å². The number of aliphatic imine (C=N–C) groups is 1. The molecule has 1 aromatic rings. The largest absolute Gasteiger partial charge is 0.479 e. The molecule has 0 saturated heterocycles. The quantitative estimate of drug-likeness (QED) is 0.0336. The molecule has 24 nitrogen and oxygen atoms in total. The van der Waals surface area contributed by atoms with Gasteiger partial charge in [0.25, 0.3) is 11.8 Å². The number of anilines is 1. The number of nitrogens with one attached hydrogen (secondary N) is 3. The van der Waals surface area contributed by atoms with Crippen molar-refractivity contribution in [1.29, 1.82) is 0 Å². The molecule has 72 heavy (non-hydrogen) atoms. The molecule has 2 rings (SSSR count). The van der Waals surface area contributed by atoms with Gasteiger partial charge in [-0.05, 0) is 23.6 Å². The van der Waals surface area contributed by atoms with E-state index < -0.39 is 48.0 Å². The van der Waals surface area contributed by atoms with E-state index in [-0.39, 0.29) is 51.8 Å². The summed E-state index contributed by atoms with van der Waals surface area (Å²) < 4.78 is 65.0. The number of carbonyl (C=O) groups excluding carboxylic acids is 6. The van der Waals surface area contributed by atoms with Crippen molar-refractivity contribution in [3.05, 3.63) is 42.0 Å². The molecule has 1 atom stereocenters. The predicted molar refractivity (Wildman–Crippen MR) is 261 cm³/mol. The van der Waals surface area contributed by atoms with E-state index in [9.17, 15) is 28.8 Å². The van der Waals surface area contributed by atoms with Crippen molar-refractivity contribution in [2.75, 3.05) is 184 Å². The molecule has 0 aromatic heterocycles. The second kappa shape index (κ2) is 42.5. The van der Waals surface area contributed by atoms with Crippen molar-refractivity contribution >= 4 is 47.5 Å². The van der Waals surface area contributed by atoms with E-state index >= 15 is 0 Å². The normalized spacial score (nSPS) is 12.8. The lowest BCUT2D eigenvalue weighted by Crippen LogP contribution is -2.51. The maximum atomic E-state index is 13.3. The third-order valence-electron chi connectivity index (χ3n) is 9.80. The molecular formula is C48H78N6O18. The molecule has 0 fully saturated rings. The maximum Gasteiger partial charge on any atom is 0.254 e. The Balaban J connectivity index is 1.53. The smallest absolute Gasteiger partial charge is 0.254 e. The fourth-order valence-electron chi connectivity index (χ4n) is 5.97. The molecule has 3 N–H and O–H groups in total. The van der Waals surface area contributed by atoms with Gasteiger partial charge in [0.2, 0.25) is 23.6 Å². The van der Waals surface area contributed by atoms with Gasteiger partial charge in [-0.15, -0.1) is 0 Å². The number of hydrogen-bond acceptors (Lipinski definition) is 19. The zero-order valence-electron chi connectivity index (χ0n) is 42.5. The molecule has 1 unspecified atom stereocenters. The summed E-state index contributed by atoms with van der Waals surface area (Å²) in [7, 11) is 3.23. The molecule has 24 heteroatoms. The van der Waals surface area contributed by atoms with Gasteiger partial charge in [0.15, 0.2) is 6.40 Å². The highest BCUT2D eigenvalue weighted by atomic mass is 16.6. The summed E-state index contributed by atoms with van der Waals surface area (Å²) in [4.78, 5) is 82.2. The summed E-state index contributed by atoms with van der Waals surface area (Å²) in [6, 6.07) is 5.99. The van der Waals surface area contributed by atoms with Crippen LogP contribution in [0.3, 0.4) is 0 Å². The maximum absolute atomic E-state index is 13.3. The van der Waals surface area contributed by atoms with Gasteiger partial charge in [-0.3, -0.25) is 38.7 Å². The number of rotatable bonds is 47. The van der Waals surface area contributed by atoms with E-state index in [1.165, 1.54) is 11.3 Å². The van der Waals surface area contributed by atoms with Gasteiger partial charge in [-0.1, -0.05) is 26.0 Å². The zero-order valence-corrected chi connectivity index (χ0v) is 42.5. The number of nitrogens with zero attached hydrogens (tertiary/aromatic N) is 3. The Bertz CT molecular complexity index is 1690. The molecule has 0 spiro atoms. The van der Waals surface area contributed by atoms with Crippen LogP contribution < -0.4 is 16.0 Å². The Hall–Kier alpha value is -4.99. The van der Waals surface area contributed by atoms with Gasteiger partial charge >= 0.3 is 0 Å². The van der Waals surface area contributed by atoms with Gasteiger partial charge in [0, 0.05) is 51.5 Å². The van der Waals surface area contributed by atoms with Crippen LogP contribution in [0.5, 0.6) is 0 Å². The van der Waals surface area contributed by atoms with Crippen LogP contribution >= 0.6 is 0 Å².